The van der Waals surface area contributed by atoms with Crippen molar-refractivity contribution in [2.45, 2.75) is 6.92 Å². The van der Waals surface area contributed by atoms with E-state index in [0.29, 0.717) is 5.57 Å². The van der Waals surface area contributed by atoms with Crippen LogP contribution in [0.2, 0.25) is 0 Å². The molecule has 3 nitrogen and oxygen atoms in total. The van der Waals surface area contributed by atoms with Crippen LogP contribution in [0.25, 0.3) is 0 Å². The molecule has 0 spiro atoms. The minimum absolute atomic E-state index is 0. The van der Waals surface area contributed by atoms with E-state index in [1.165, 1.54) is 6.92 Å². The molecule has 50 valence electrons. The van der Waals surface area contributed by atoms with Crippen LogP contribution in [0.4, 0.5) is 0 Å². The molecule has 0 aromatic heterocycles. The van der Waals surface area contributed by atoms with Crippen molar-refractivity contribution in [2.75, 3.05) is 5.75 Å². The van der Waals surface area contributed by atoms with Gasteiger partial charge in [-0.3, -0.25) is 4.55 Å². The van der Waals surface area contributed by atoms with Crippen molar-refractivity contribution in [1.29, 1.82) is 0 Å². The molecule has 9 heavy (non-hydrogen) atoms. The zero-order chi connectivity index (χ0) is 6.78. The molecule has 0 saturated carbocycles. The van der Waals surface area contributed by atoms with Crippen molar-refractivity contribution in [1.82, 2.24) is 0 Å². The van der Waals surface area contributed by atoms with Crippen LogP contribution >= 0.6 is 0 Å². The summed E-state index contributed by atoms with van der Waals surface area (Å²) in [6, 6.07) is 0. The second-order valence-electron chi connectivity index (χ2n) is 1.68. The van der Waals surface area contributed by atoms with Gasteiger partial charge in [-0.25, -0.2) is 0 Å². The fourth-order valence-electron chi connectivity index (χ4n) is 0.311. The first-order valence-corrected chi connectivity index (χ1v) is 3.62. The maximum atomic E-state index is 9.94. The molecule has 0 saturated heterocycles. The van der Waals surface area contributed by atoms with Crippen molar-refractivity contribution < 1.29 is 13.0 Å². The maximum absolute atomic E-state index is 9.94. The Balaban J connectivity index is 0. The second-order valence-corrected chi connectivity index (χ2v) is 3.14. The molecule has 0 aliphatic carbocycles. The molecule has 0 amide bonds. The number of hydrogen-bond donors (Lipinski definition) is 1. The summed E-state index contributed by atoms with van der Waals surface area (Å²) >= 11 is 0. The third-order valence-electron chi connectivity index (χ3n) is 0.429. The molecule has 0 aliphatic rings. The van der Waals surface area contributed by atoms with E-state index in [-0.39, 0.29) is 35.3 Å². The molecule has 0 aromatic carbocycles. The van der Waals surface area contributed by atoms with E-state index in [4.69, 9.17) is 4.55 Å². The summed E-state index contributed by atoms with van der Waals surface area (Å²) in [5.74, 6) is -0.340. The van der Waals surface area contributed by atoms with Gasteiger partial charge in [-0.15, -0.1) is 0 Å². The van der Waals surface area contributed by atoms with Gasteiger partial charge in [0.15, 0.2) is 0 Å². The Morgan fingerprint density at radius 1 is 1.67 bits per heavy atom. The van der Waals surface area contributed by atoms with Gasteiger partial charge in [0, 0.05) is 0 Å². The number of hydrogen-bond acceptors (Lipinski definition) is 2. The second kappa shape index (κ2) is 4.46. The van der Waals surface area contributed by atoms with E-state index >= 15 is 0 Å². The zero-order valence-electron chi connectivity index (χ0n) is 4.59. The third kappa shape index (κ3) is 12.0. The Kier molecular flexibility index (Phi) is 6.12. The molecule has 0 bridgehead atoms. The summed E-state index contributed by atoms with van der Waals surface area (Å²) < 4.78 is 28.0. The summed E-state index contributed by atoms with van der Waals surface area (Å²) in [6.45, 7) is 4.84. The molecule has 0 radical (unpaired) electrons. The van der Waals surface area contributed by atoms with Gasteiger partial charge in [-0.2, -0.15) is 8.42 Å². The van der Waals surface area contributed by atoms with Gasteiger partial charge in [0.2, 0.25) is 0 Å². The summed E-state index contributed by atoms with van der Waals surface area (Å²) in [7, 11) is -3.82. The van der Waals surface area contributed by atoms with Crippen LogP contribution in [-0.4, -0.2) is 48.3 Å². The Labute approximate surface area is 77.2 Å². The van der Waals surface area contributed by atoms with Crippen LogP contribution in [0.1, 0.15) is 6.92 Å². The first-order chi connectivity index (χ1) is 3.42. The average Bonchev–Trinajstić information content (AvgIpc) is 1.21. The third-order valence-corrected chi connectivity index (χ3v) is 1.29. The average molecular weight is 160 g/mol. The normalized spacial score (nSPS) is 10.0. The molecule has 0 aliphatic heterocycles. The Hall–Kier alpha value is 0.650. The van der Waals surface area contributed by atoms with Crippen LogP contribution in [0.15, 0.2) is 12.2 Å². The van der Waals surface area contributed by atoms with Crippen LogP contribution < -0.4 is 0 Å². The molecule has 0 unspecified atom stereocenters. The Morgan fingerprint density at radius 3 is 2.00 bits per heavy atom. The fraction of sp³-hybridized carbons (Fsp3) is 0.500. The molecule has 0 atom stereocenters. The molecule has 5 heteroatoms. The van der Waals surface area contributed by atoms with Gasteiger partial charge < -0.3 is 0 Å². The summed E-state index contributed by atoms with van der Waals surface area (Å²) in [5, 5.41) is 0. The van der Waals surface area contributed by atoms with E-state index in [2.05, 4.69) is 6.58 Å². The first kappa shape index (κ1) is 12.3. The first-order valence-electron chi connectivity index (χ1n) is 2.01. The van der Waals surface area contributed by atoms with Gasteiger partial charge in [-0.05, 0) is 6.92 Å². The minimum atomic E-state index is -3.82. The van der Waals surface area contributed by atoms with Gasteiger partial charge in [0.05, 0.1) is 5.75 Å². The van der Waals surface area contributed by atoms with E-state index in [9.17, 15) is 8.42 Å². The summed E-state index contributed by atoms with van der Waals surface area (Å²) in [4.78, 5) is 0. The Bertz CT molecular complexity index is 182. The fourth-order valence-corrected chi connectivity index (χ4v) is 0.934. The zero-order valence-corrected chi connectivity index (χ0v) is 5.40. The van der Waals surface area contributed by atoms with Gasteiger partial charge in [-0.1, -0.05) is 12.2 Å². The topological polar surface area (TPSA) is 54.4 Å². The summed E-state index contributed by atoms with van der Waals surface area (Å²) in [6.07, 6.45) is 0. The summed E-state index contributed by atoms with van der Waals surface area (Å²) in [5.41, 5.74) is 0.438. The van der Waals surface area contributed by atoms with Gasteiger partial charge in [0.25, 0.3) is 10.1 Å². The molecule has 0 heterocycles. The molecule has 0 fully saturated rings. The predicted molar refractivity (Wildman–Crippen MR) is 38.4 cm³/mol. The van der Waals surface area contributed by atoms with Gasteiger partial charge in [0.1, 0.15) is 0 Å². The molecule has 0 rings (SSSR count). The molecular formula is C4H9NaO3S. The van der Waals surface area contributed by atoms with Crippen LogP contribution in [0.5, 0.6) is 0 Å². The van der Waals surface area contributed by atoms with E-state index in [0.717, 1.165) is 0 Å². The van der Waals surface area contributed by atoms with Crippen LogP contribution in [0, 0.1) is 0 Å². The quantitative estimate of drug-likeness (QED) is 0.346. The van der Waals surface area contributed by atoms with Gasteiger partial charge >= 0.3 is 29.6 Å². The SMILES string of the molecule is C=C(C)CS(=O)(=O)O.[NaH]. The molecule has 1 N–H and O–H groups in total. The van der Waals surface area contributed by atoms with Crippen molar-refractivity contribution in [3.05, 3.63) is 12.2 Å². The van der Waals surface area contributed by atoms with Crippen molar-refractivity contribution in [3.8, 4) is 0 Å². The van der Waals surface area contributed by atoms with E-state index in [1.807, 2.05) is 0 Å². The Morgan fingerprint density at radius 2 is 2.00 bits per heavy atom. The van der Waals surface area contributed by atoms with Crippen molar-refractivity contribution >= 4 is 39.7 Å². The molecule has 0 aromatic rings. The van der Waals surface area contributed by atoms with Crippen LogP contribution in [0.3, 0.4) is 0 Å². The standard InChI is InChI=1S/C4H8O3S.Na.H/c1-4(2)3-8(5,6)7;;/h1,3H2,2H3,(H,5,6,7);;. The van der Waals surface area contributed by atoms with E-state index in [1.54, 1.807) is 0 Å². The predicted octanol–water partition coefficient (Wildman–Crippen LogP) is -0.198. The monoisotopic (exact) mass is 160 g/mol. The van der Waals surface area contributed by atoms with E-state index < -0.39 is 10.1 Å². The molecular weight excluding hydrogens is 151 g/mol. The van der Waals surface area contributed by atoms with Crippen molar-refractivity contribution in [2.24, 2.45) is 0 Å². The van der Waals surface area contributed by atoms with Crippen LogP contribution in [-0.2, 0) is 10.1 Å². The number of rotatable bonds is 2. The van der Waals surface area contributed by atoms with Crippen molar-refractivity contribution in [3.63, 3.8) is 0 Å².